The van der Waals surface area contributed by atoms with E-state index in [0.29, 0.717) is 0 Å². The molecule has 5 N–H and O–H groups in total. The second-order valence-electron chi connectivity index (χ2n) is 3.66. The van der Waals surface area contributed by atoms with Crippen LogP contribution in [0.4, 0.5) is 0 Å². The molecule has 20 heavy (non-hydrogen) atoms. The predicted octanol–water partition coefficient (Wildman–Crippen LogP) is -2.75. The lowest BCUT2D eigenvalue weighted by Gasteiger charge is -2.07. The van der Waals surface area contributed by atoms with E-state index >= 15 is 0 Å². The Balaban J connectivity index is 3.64. The number of esters is 1. The summed E-state index contributed by atoms with van der Waals surface area (Å²) in [5, 5.41) is 7.00. The molecular formula is C11H20N4O5. The summed E-state index contributed by atoms with van der Waals surface area (Å²) < 4.78 is 4.68. The third-order valence-electron chi connectivity index (χ3n) is 2.03. The molecule has 3 amide bonds. The van der Waals surface area contributed by atoms with Gasteiger partial charge in [-0.05, 0) is 6.92 Å². The molecule has 0 radical (unpaired) electrons. The van der Waals surface area contributed by atoms with Crippen LogP contribution in [-0.4, -0.2) is 56.5 Å². The molecule has 0 aromatic rings. The van der Waals surface area contributed by atoms with Crippen LogP contribution in [0.3, 0.4) is 0 Å². The Labute approximate surface area is 116 Å². The second kappa shape index (κ2) is 10.7. The summed E-state index contributed by atoms with van der Waals surface area (Å²) in [6.45, 7) is 1.43. The average Bonchev–Trinajstić information content (AvgIpc) is 2.42. The van der Waals surface area contributed by atoms with Crippen molar-refractivity contribution in [2.75, 3.05) is 32.8 Å². The first kappa shape index (κ1) is 17.8. The minimum Gasteiger partial charge on any atom is -0.466 e. The van der Waals surface area contributed by atoms with Gasteiger partial charge in [-0.2, -0.15) is 0 Å². The van der Waals surface area contributed by atoms with Crippen LogP contribution in [0, 0.1) is 0 Å². The number of nitrogens with two attached hydrogens (primary N) is 1. The standard InChI is InChI=1S/C11H20N4O5/c1-2-20-11(19)3-4-13-9(17)6-15-10(18)7-14-8(16)5-12/h2-7,12H2,1H3,(H,13,17)(H,14,16)(H,15,18). The summed E-state index contributed by atoms with van der Waals surface area (Å²) in [6.07, 6.45) is 0.0695. The zero-order valence-electron chi connectivity index (χ0n) is 11.4. The van der Waals surface area contributed by atoms with Crippen molar-refractivity contribution in [2.45, 2.75) is 13.3 Å². The van der Waals surface area contributed by atoms with Crippen LogP contribution in [0.2, 0.25) is 0 Å². The SMILES string of the molecule is CCOC(=O)CCNC(=O)CNC(=O)CNC(=O)CN. The van der Waals surface area contributed by atoms with E-state index in [1.54, 1.807) is 6.92 Å². The smallest absolute Gasteiger partial charge is 0.307 e. The highest BCUT2D eigenvalue weighted by Crippen LogP contribution is 1.83. The maximum absolute atomic E-state index is 11.3. The molecule has 0 aromatic heterocycles. The molecule has 0 fully saturated rings. The Kier molecular flexibility index (Phi) is 9.57. The molecule has 0 aromatic carbocycles. The molecule has 114 valence electrons. The second-order valence-corrected chi connectivity index (χ2v) is 3.66. The molecule has 0 saturated carbocycles. The fourth-order valence-corrected chi connectivity index (χ4v) is 1.09. The van der Waals surface area contributed by atoms with Gasteiger partial charge in [0.05, 0.1) is 32.7 Å². The third-order valence-corrected chi connectivity index (χ3v) is 2.03. The number of hydrogen-bond acceptors (Lipinski definition) is 6. The maximum atomic E-state index is 11.3. The van der Waals surface area contributed by atoms with Gasteiger partial charge >= 0.3 is 5.97 Å². The van der Waals surface area contributed by atoms with Gasteiger partial charge in [-0.1, -0.05) is 0 Å². The van der Waals surface area contributed by atoms with E-state index in [-0.39, 0.29) is 39.2 Å². The fourth-order valence-electron chi connectivity index (χ4n) is 1.09. The van der Waals surface area contributed by atoms with E-state index in [9.17, 15) is 19.2 Å². The van der Waals surface area contributed by atoms with Crippen LogP contribution in [0.25, 0.3) is 0 Å². The molecule has 0 bridgehead atoms. The highest BCUT2D eigenvalue weighted by molar-refractivity contribution is 5.88. The average molecular weight is 288 g/mol. The molecule has 0 atom stereocenters. The van der Waals surface area contributed by atoms with Crippen molar-refractivity contribution >= 4 is 23.7 Å². The van der Waals surface area contributed by atoms with Crippen molar-refractivity contribution in [3.05, 3.63) is 0 Å². The molecule has 0 spiro atoms. The Morgan fingerprint density at radius 2 is 1.50 bits per heavy atom. The summed E-state index contributed by atoms with van der Waals surface area (Å²) in [5.74, 6) is -1.81. The van der Waals surface area contributed by atoms with E-state index in [4.69, 9.17) is 5.73 Å². The number of ether oxygens (including phenoxy) is 1. The number of hydrogen-bond donors (Lipinski definition) is 4. The quantitative estimate of drug-likeness (QED) is 0.339. The highest BCUT2D eigenvalue weighted by atomic mass is 16.5. The number of carbonyl (C=O) groups excluding carboxylic acids is 4. The number of nitrogens with one attached hydrogen (secondary N) is 3. The van der Waals surface area contributed by atoms with Crippen LogP contribution in [0.15, 0.2) is 0 Å². The van der Waals surface area contributed by atoms with Gasteiger partial charge in [0.2, 0.25) is 17.7 Å². The molecule has 0 aliphatic heterocycles. The van der Waals surface area contributed by atoms with E-state index in [2.05, 4.69) is 20.7 Å². The van der Waals surface area contributed by atoms with Gasteiger partial charge in [0, 0.05) is 6.54 Å². The Hall–Kier alpha value is -2.16. The minimum absolute atomic E-state index is 0.0695. The Morgan fingerprint density at radius 1 is 0.950 bits per heavy atom. The number of amides is 3. The normalized spacial score (nSPS) is 9.50. The van der Waals surface area contributed by atoms with Crippen molar-refractivity contribution in [2.24, 2.45) is 5.73 Å². The lowest BCUT2D eigenvalue weighted by atomic mass is 10.4. The molecule has 0 aliphatic rings. The van der Waals surface area contributed by atoms with E-state index in [1.807, 2.05) is 0 Å². The molecule has 0 unspecified atom stereocenters. The van der Waals surface area contributed by atoms with Gasteiger partial charge in [0.15, 0.2) is 0 Å². The van der Waals surface area contributed by atoms with Gasteiger partial charge in [-0.3, -0.25) is 19.2 Å². The van der Waals surface area contributed by atoms with Gasteiger partial charge in [-0.25, -0.2) is 0 Å². The van der Waals surface area contributed by atoms with Crippen LogP contribution in [0.1, 0.15) is 13.3 Å². The van der Waals surface area contributed by atoms with Crippen LogP contribution in [-0.2, 0) is 23.9 Å². The van der Waals surface area contributed by atoms with Crippen LogP contribution < -0.4 is 21.7 Å². The summed E-state index contributed by atoms with van der Waals surface area (Å²) in [5.41, 5.74) is 5.04. The first-order valence-corrected chi connectivity index (χ1v) is 6.15. The minimum atomic E-state index is -0.507. The topological polar surface area (TPSA) is 140 Å². The van der Waals surface area contributed by atoms with Crippen molar-refractivity contribution < 1.29 is 23.9 Å². The summed E-state index contributed by atoms with van der Waals surface area (Å²) in [6, 6.07) is 0. The largest absolute Gasteiger partial charge is 0.466 e. The van der Waals surface area contributed by atoms with Crippen molar-refractivity contribution in [1.82, 2.24) is 16.0 Å². The Bertz CT molecular complexity index is 359. The molecule has 9 nitrogen and oxygen atoms in total. The highest BCUT2D eigenvalue weighted by Gasteiger charge is 2.07. The first-order valence-electron chi connectivity index (χ1n) is 6.15. The van der Waals surface area contributed by atoms with Crippen molar-refractivity contribution in [1.29, 1.82) is 0 Å². The van der Waals surface area contributed by atoms with E-state index in [1.165, 1.54) is 0 Å². The summed E-state index contributed by atoms with van der Waals surface area (Å²) in [7, 11) is 0. The first-order chi connectivity index (χ1) is 9.49. The zero-order valence-corrected chi connectivity index (χ0v) is 11.4. The van der Waals surface area contributed by atoms with Crippen LogP contribution >= 0.6 is 0 Å². The number of rotatable bonds is 9. The van der Waals surface area contributed by atoms with Gasteiger partial charge in [0.25, 0.3) is 0 Å². The van der Waals surface area contributed by atoms with Gasteiger partial charge in [-0.15, -0.1) is 0 Å². The summed E-state index contributed by atoms with van der Waals surface area (Å²) in [4.78, 5) is 44.3. The molecular weight excluding hydrogens is 268 g/mol. The molecule has 0 heterocycles. The molecule has 0 saturated heterocycles. The fraction of sp³-hybridized carbons (Fsp3) is 0.636. The molecule has 0 aliphatic carbocycles. The summed E-state index contributed by atoms with van der Waals surface area (Å²) >= 11 is 0. The predicted molar refractivity (Wildman–Crippen MR) is 69.3 cm³/mol. The van der Waals surface area contributed by atoms with Gasteiger partial charge < -0.3 is 26.4 Å². The van der Waals surface area contributed by atoms with Gasteiger partial charge in [0.1, 0.15) is 0 Å². The number of carbonyl (C=O) groups is 4. The van der Waals surface area contributed by atoms with Crippen molar-refractivity contribution in [3.8, 4) is 0 Å². The molecule has 0 rings (SSSR count). The zero-order chi connectivity index (χ0) is 15.4. The lowest BCUT2D eigenvalue weighted by molar-refractivity contribution is -0.143. The monoisotopic (exact) mass is 288 g/mol. The third kappa shape index (κ3) is 9.83. The van der Waals surface area contributed by atoms with Crippen molar-refractivity contribution in [3.63, 3.8) is 0 Å². The van der Waals surface area contributed by atoms with Crippen LogP contribution in [0.5, 0.6) is 0 Å². The maximum Gasteiger partial charge on any atom is 0.307 e. The van der Waals surface area contributed by atoms with E-state index < -0.39 is 23.7 Å². The van der Waals surface area contributed by atoms with E-state index in [0.717, 1.165) is 0 Å². The molecule has 9 heteroatoms. The Morgan fingerprint density at radius 3 is 2.05 bits per heavy atom. The lowest BCUT2D eigenvalue weighted by Crippen LogP contribution is -2.43.